The maximum Gasteiger partial charge on any atom is 0.222 e. The predicted molar refractivity (Wildman–Crippen MR) is 49.3 cm³/mol. The SMILES string of the molecule is COC(C)CCC(=O)N(C)CCF. The second kappa shape index (κ2) is 6.83. The van der Waals surface area contributed by atoms with E-state index in [1.807, 2.05) is 6.92 Å². The number of ether oxygens (including phenoxy) is 1. The largest absolute Gasteiger partial charge is 0.382 e. The summed E-state index contributed by atoms with van der Waals surface area (Å²) in [4.78, 5) is 12.7. The summed E-state index contributed by atoms with van der Waals surface area (Å²) in [5, 5.41) is 0. The van der Waals surface area contributed by atoms with E-state index in [9.17, 15) is 9.18 Å². The average Bonchev–Trinajstić information content (AvgIpc) is 2.13. The highest BCUT2D eigenvalue weighted by Crippen LogP contribution is 2.02. The molecular weight excluding hydrogens is 173 g/mol. The summed E-state index contributed by atoms with van der Waals surface area (Å²) >= 11 is 0. The number of amides is 1. The topological polar surface area (TPSA) is 29.5 Å². The minimum atomic E-state index is -0.484. The molecule has 0 aromatic carbocycles. The number of hydrogen-bond acceptors (Lipinski definition) is 2. The minimum Gasteiger partial charge on any atom is -0.382 e. The first-order valence-corrected chi connectivity index (χ1v) is 4.44. The van der Waals surface area contributed by atoms with E-state index in [1.165, 1.54) is 4.90 Å². The quantitative estimate of drug-likeness (QED) is 0.632. The fraction of sp³-hybridized carbons (Fsp3) is 0.889. The molecule has 1 unspecified atom stereocenters. The summed E-state index contributed by atoms with van der Waals surface area (Å²) in [7, 11) is 3.22. The van der Waals surface area contributed by atoms with Crippen molar-refractivity contribution >= 4 is 5.91 Å². The van der Waals surface area contributed by atoms with Gasteiger partial charge in [0.1, 0.15) is 6.67 Å². The lowest BCUT2D eigenvalue weighted by Crippen LogP contribution is -2.29. The fourth-order valence-electron chi connectivity index (χ4n) is 0.887. The van der Waals surface area contributed by atoms with Crippen molar-refractivity contribution < 1.29 is 13.9 Å². The number of carbonyl (C=O) groups is 1. The first-order chi connectivity index (χ1) is 6.11. The predicted octanol–water partition coefficient (Wildman–Crippen LogP) is 1.23. The first-order valence-electron chi connectivity index (χ1n) is 4.44. The third-order valence-corrected chi connectivity index (χ3v) is 2.01. The maximum absolute atomic E-state index is 11.9. The van der Waals surface area contributed by atoms with E-state index in [0.29, 0.717) is 12.8 Å². The summed E-state index contributed by atoms with van der Waals surface area (Å²) in [6.45, 7) is 1.60. The maximum atomic E-state index is 11.9. The smallest absolute Gasteiger partial charge is 0.222 e. The second-order valence-electron chi connectivity index (χ2n) is 3.09. The highest BCUT2D eigenvalue weighted by atomic mass is 19.1. The minimum absolute atomic E-state index is 0.0263. The van der Waals surface area contributed by atoms with Crippen molar-refractivity contribution in [3.8, 4) is 0 Å². The van der Waals surface area contributed by atoms with Gasteiger partial charge in [0.25, 0.3) is 0 Å². The molecule has 0 saturated heterocycles. The first kappa shape index (κ1) is 12.4. The van der Waals surface area contributed by atoms with Crippen LogP contribution < -0.4 is 0 Å². The van der Waals surface area contributed by atoms with Crippen LogP contribution in [0.3, 0.4) is 0 Å². The molecule has 0 aliphatic rings. The van der Waals surface area contributed by atoms with Gasteiger partial charge in [0.15, 0.2) is 0 Å². The molecule has 0 bridgehead atoms. The zero-order chi connectivity index (χ0) is 10.3. The lowest BCUT2D eigenvalue weighted by atomic mass is 10.2. The Balaban J connectivity index is 3.61. The molecule has 0 aromatic heterocycles. The molecule has 0 spiro atoms. The second-order valence-corrected chi connectivity index (χ2v) is 3.09. The molecule has 1 atom stereocenters. The molecule has 13 heavy (non-hydrogen) atoms. The van der Waals surface area contributed by atoms with Crippen molar-refractivity contribution in [2.45, 2.75) is 25.9 Å². The van der Waals surface area contributed by atoms with Gasteiger partial charge < -0.3 is 9.64 Å². The molecule has 0 radical (unpaired) electrons. The van der Waals surface area contributed by atoms with Crippen molar-refractivity contribution in [2.75, 3.05) is 27.4 Å². The van der Waals surface area contributed by atoms with Gasteiger partial charge in [0.2, 0.25) is 5.91 Å². The van der Waals surface area contributed by atoms with Crippen molar-refractivity contribution in [3.63, 3.8) is 0 Å². The monoisotopic (exact) mass is 191 g/mol. The van der Waals surface area contributed by atoms with Crippen LogP contribution in [-0.2, 0) is 9.53 Å². The average molecular weight is 191 g/mol. The number of methoxy groups -OCH3 is 1. The Morgan fingerprint density at radius 3 is 2.69 bits per heavy atom. The van der Waals surface area contributed by atoms with Gasteiger partial charge in [-0.15, -0.1) is 0 Å². The highest BCUT2D eigenvalue weighted by Gasteiger charge is 2.09. The molecule has 78 valence electrons. The fourth-order valence-corrected chi connectivity index (χ4v) is 0.887. The van der Waals surface area contributed by atoms with Crippen LogP contribution in [0, 0.1) is 0 Å². The number of nitrogens with zero attached hydrogens (tertiary/aromatic N) is 1. The van der Waals surface area contributed by atoms with Crippen molar-refractivity contribution in [1.82, 2.24) is 4.90 Å². The van der Waals surface area contributed by atoms with Gasteiger partial charge in [-0.1, -0.05) is 0 Å². The lowest BCUT2D eigenvalue weighted by molar-refractivity contribution is -0.130. The van der Waals surface area contributed by atoms with E-state index in [1.54, 1.807) is 14.2 Å². The molecule has 0 rings (SSSR count). The van der Waals surface area contributed by atoms with E-state index in [2.05, 4.69) is 0 Å². The summed E-state index contributed by atoms with van der Waals surface area (Å²) in [6.07, 6.45) is 1.19. The van der Waals surface area contributed by atoms with Crippen LogP contribution in [0.15, 0.2) is 0 Å². The van der Waals surface area contributed by atoms with Gasteiger partial charge in [-0.05, 0) is 13.3 Å². The number of alkyl halides is 1. The number of hydrogen-bond donors (Lipinski definition) is 0. The van der Waals surface area contributed by atoms with E-state index < -0.39 is 6.67 Å². The highest BCUT2D eigenvalue weighted by molar-refractivity contribution is 5.75. The molecule has 0 N–H and O–H groups in total. The Hall–Kier alpha value is -0.640. The molecule has 0 aromatic rings. The van der Waals surface area contributed by atoms with E-state index >= 15 is 0 Å². The van der Waals surface area contributed by atoms with Crippen LogP contribution in [0.4, 0.5) is 4.39 Å². The molecule has 3 nitrogen and oxygen atoms in total. The molecule has 0 saturated carbocycles. The number of halogens is 1. The Labute approximate surface area is 78.9 Å². The standard InChI is InChI=1S/C9H18FNO2/c1-8(13-3)4-5-9(12)11(2)7-6-10/h8H,4-7H2,1-3H3. The normalized spacial score (nSPS) is 12.6. The summed E-state index contributed by atoms with van der Waals surface area (Å²) in [5.74, 6) is -0.0263. The van der Waals surface area contributed by atoms with Crippen molar-refractivity contribution in [3.05, 3.63) is 0 Å². The van der Waals surface area contributed by atoms with Crippen molar-refractivity contribution in [1.29, 1.82) is 0 Å². The van der Waals surface area contributed by atoms with Gasteiger partial charge in [-0.2, -0.15) is 0 Å². The van der Waals surface area contributed by atoms with Crippen LogP contribution in [0.2, 0.25) is 0 Å². The summed E-state index contributed by atoms with van der Waals surface area (Å²) in [5.41, 5.74) is 0. The van der Waals surface area contributed by atoms with Gasteiger partial charge >= 0.3 is 0 Å². The molecule has 0 heterocycles. The molecule has 0 aliphatic carbocycles. The Bertz CT molecular complexity index is 153. The lowest BCUT2D eigenvalue weighted by Gasteiger charge is -2.16. The third kappa shape index (κ3) is 5.58. The van der Waals surface area contributed by atoms with E-state index in [-0.39, 0.29) is 18.6 Å². The zero-order valence-corrected chi connectivity index (χ0v) is 8.55. The van der Waals surface area contributed by atoms with Crippen molar-refractivity contribution in [2.24, 2.45) is 0 Å². The number of carbonyl (C=O) groups excluding carboxylic acids is 1. The summed E-state index contributed by atoms with van der Waals surface area (Å²) in [6, 6.07) is 0. The molecular formula is C9H18FNO2. The zero-order valence-electron chi connectivity index (χ0n) is 8.55. The summed E-state index contributed by atoms with van der Waals surface area (Å²) < 4.78 is 16.8. The Morgan fingerprint density at radius 2 is 2.23 bits per heavy atom. The Kier molecular flexibility index (Phi) is 6.49. The van der Waals surface area contributed by atoms with Crippen LogP contribution in [0.1, 0.15) is 19.8 Å². The van der Waals surface area contributed by atoms with Gasteiger partial charge in [0, 0.05) is 27.1 Å². The molecule has 0 aliphatic heterocycles. The molecule has 0 fully saturated rings. The van der Waals surface area contributed by atoms with Gasteiger partial charge in [0.05, 0.1) is 6.10 Å². The van der Waals surface area contributed by atoms with Gasteiger partial charge in [-0.25, -0.2) is 4.39 Å². The molecule has 1 amide bonds. The third-order valence-electron chi connectivity index (χ3n) is 2.01. The van der Waals surface area contributed by atoms with Crippen LogP contribution in [0.25, 0.3) is 0 Å². The van der Waals surface area contributed by atoms with Crippen LogP contribution in [-0.4, -0.2) is 44.3 Å². The van der Waals surface area contributed by atoms with E-state index in [0.717, 1.165) is 0 Å². The van der Waals surface area contributed by atoms with Crippen LogP contribution >= 0.6 is 0 Å². The molecule has 4 heteroatoms. The van der Waals surface area contributed by atoms with E-state index in [4.69, 9.17) is 4.74 Å². The Morgan fingerprint density at radius 1 is 1.62 bits per heavy atom. The van der Waals surface area contributed by atoms with Gasteiger partial charge in [-0.3, -0.25) is 4.79 Å². The number of rotatable bonds is 6. The van der Waals surface area contributed by atoms with Crippen LogP contribution in [0.5, 0.6) is 0 Å².